The van der Waals surface area contributed by atoms with E-state index in [4.69, 9.17) is 11.6 Å². The fourth-order valence-corrected chi connectivity index (χ4v) is 1.73. The summed E-state index contributed by atoms with van der Waals surface area (Å²) in [5.41, 5.74) is -0.245. The molecular weight excluding hydrogens is 305 g/mol. The number of rotatable bonds is 3. The van der Waals surface area contributed by atoms with Crippen LogP contribution in [-0.4, -0.2) is 22.7 Å². The van der Waals surface area contributed by atoms with Crippen LogP contribution in [0.2, 0.25) is 5.02 Å². The third-order valence-electron chi connectivity index (χ3n) is 2.65. The molecule has 0 radical (unpaired) electrons. The first-order valence-electron chi connectivity index (χ1n) is 5.19. The second kappa shape index (κ2) is 5.38. The Labute approximate surface area is 114 Å². The SMILES string of the molecule is CC(O)C(C)(C)NC(=O)c1cc(Cl)ccc1Br. The number of hydrogen-bond donors (Lipinski definition) is 2. The second-order valence-corrected chi connectivity index (χ2v) is 5.77. The molecule has 0 aliphatic heterocycles. The lowest BCUT2D eigenvalue weighted by molar-refractivity contribution is 0.0709. The Bertz CT molecular complexity index is 433. The summed E-state index contributed by atoms with van der Waals surface area (Å²) in [7, 11) is 0. The molecule has 0 fully saturated rings. The predicted molar refractivity (Wildman–Crippen MR) is 72.4 cm³/mol. The Morgan fingerprint density at radius 3 is 2.65 bits per heavy atom. The van der Waals surface area contributed by atoms with Gasteiger partial charge in [0.05, 0.1) is 17.2 Å². The lowest BCUT2D eigenvalue weighted by atomic mass is 9.98. The zero-order chi connectivity index (χ0) is 13.2. The van der Waals surface area contributed by atoms with Gasteiger partial charge in [-0.1, -0.05) is 11.6 Å². The number of benzene rings is 1. The van der Waals surface area contributed by atoms with E-state index >= 15 is 0 Å². The molecule has 17 heavy (non-hydrogen) atoms. The molecule has 0 spiro atoms. The van der Waals surface area contributed by atoms with Crippen LogP contribution in [-0.2, 0) is 0 Å². The highest BCUT2D eigenvalue weighted by molar-refractivity contribution is 9.10. The largest absolute Gasteiger partial charge is 0.391 e. The van der Waals surface area contributed by atoms with Gasteiger partial charge in [0.25, 0.3) is 5.91 Å². The van der Waals surface area contributed by atoms with Gasteiger partial charge in [0.2, 0.25) is 0 Å². The highest BCUT2D eigenvalue weighted by Crippen LogP contribution is 2.22. The van der Waals surface area contributed by atoms with Gasteiger partial charge in [0.1, 0.15) is 0 Å². The maximum absolute atomic E-state index is 12.0. The Morgan fingerprint density at radius 2 is 2.12 bits per heavy atom. The number of aliphatic hydroxyl groups is 1. The maximum Gasteiger partial charge on any atom is 0.252 e. The third-order valence-corrected chi connectivity index (χ3v) is 3.58. The van der Waals surface area contributed by atoms with E-state index in [-0.39, 0.29) is 5.91 Å². The average molecular weight is 321 g/mol. The Kier molecular flexibility index (Phi) is 4.58. The van der Waals surface area contributed by atoms with E-state index in [1.165, 1.54) is 0 Å². The van der Waals surface area contributed by atoms with Gasteiger partial charge in [0.15, 0.2) is 0 Å². The molecule has 1 amide bonds. The van der Waals surface area contributed by atoms with Crippen LogP contribution in [0, 0.1) is 0 Å². The van der Waals surface area contributed by atoms with E-state index in [1.807, 2.05) is 0 Å². The molecule has 1 aromatic rings. The number of aliphatic hydroxyl groups excluding tert-OH is 1. The molecule has 5 heteroatoms. The molecule has 0 heterocycles. The van der Waals surface area contributed by atoms with Crippen LogP contribution < -0.4 is 5.32 Å². The van der Waals surface area contributed by atoms with Gasteiger partial charge in [-0.3, -0.25) is 4.79 Å². The van der Waals surface area contributed by atoms with Crippen molar-refractivity contribution in [2.45, 2.75) is 32.4 Å². The van der Waals surface area contributed by atoms with Crippen LogP contribution in [0.5, 0.6) is 0 Å². The smallest absolute Gasteiger partial charge is 0.252 e. The Hall–Kier alpha value is -0.580. The number of carbonyl (C=O) groups is 1. The second-order valence-electron chi connectivity index (χ2n) is 4.48. The minimum Gasteiger partial charge on any atom is -0.391 e. The fourth-order valence-electron chi connectivity index (χ4n) is 1.14. The van der Waals surface area contributed by atoms with Crippen LogP contribution in [0.25, 0.3) is 0 Å². The number of amides is 1. The van der Waals surface area contributed by atoms with E-state index in [0.29, 0.717) is 15.1 Å². The van der Waals surface area contributed by atoms with Crippen molar-refractivity contribution in [2.24, 2.45) is 0 Å². The topological polar surface area (TPSA) is 49.3 Å². The molecule has 3 nitrogen and oxygen atoms in total. The van der Waals surface area contributed by atoms with Crippen molar-refractivity contribution >= 4 is 33.4 Å². The number of halogens is 2. The van der Waals surface area contributed by atoms with Crippen molar-refractivity contribution in [1.82, 2.24) is 5.32 Å². The molecule has 1 unspecified atom stereocenters. The first kappa shape index (κ1) is 14.5. The Morgan fingerprint density at radius 1 is 1.53 bits per heavy atom. The van der Waals surface area contributed by atoms with Gasteiger partial charge in [-0.25, -0.2) is 0 Å². The van der Waals surface area contributed by atoms with Crippen LogP contribution in [0.15, 0.2) is 22.7 Å². The van der Waals surface area contributed by atoms with Crippen molar-refractivity contribution in [3.63, 3.8) is 0 Å². The number of carbonyl (C=O) groups excluding carboxylic acids is 1. The van der Waals surface area contributed by atoms with Crippen molar-refractivity contribution in [2.75, 3.05) is 0 Å². The molecule has 1 rings (SSSR count). The molecule has 0 aromatic heterocycles. The molecule has 1 atom stereocenters. The molecule has 0 bridgehead atoms. The predicted octanol–water partition coefficient (Wildman–Crippen LogP) is 2.99. The van der Waals surface area contributed by atoms with Crippen molar-refractivity contribution in [1.29, 1.82) is 0 Å². The van der Waals surface area contributed by atoms with Crippen LogP contribution >= 0.6 is 27.5 Å². The number of hydrogen-bond acceptors (Lipinski definition) is 2. The zero-order valence-electron chi connectivity index (χ0n) is 9.92. The van der Waals surface area contributed by atoms with Gasteiger partial charge in [-0.2, -0.15) is 0 Å². The van der Waals surface area contributed by atoms with E-state index in [9.17, 15) is 9.90 Å². The first-order chi connectivity index (χ1) is 7.74. The van der Waals surface area contributed by atoms with Crippen LogP contribution in [0.1, 0.15) is 31.1 Å². The monoisotopic (exact) mass is 319 g/mol. The van der Waals surface area contributed by atoms with E-state index in [1.54, 1.807) is 39.0 Å². The maximum atomic E-state index is 12.0. The lowest BCUT2D eigenvalue weighted by Gasteiger charge is -2.29. The molecule has 1 aromatic carbocycles. The van der Waals surface area contributed by atoms with Crippen molar-refractivity contribution < 1.29 is 9.90 Å². The quantitative estimate of drug-likeness (QED) is 0.899. The van der Waals surface area contributed by atoms with Gasteiger partial charge in [0, 0.05) is 9.50 Å². The highest BCUT2D eigenvalue weighted by atomic mass is 79.9. The van der Waals surface area contributed by atoms with Gasteiger partial charge in [-0.15, -0.1) is 0 Å². The minimum atomic E-state index is -0.696. The summed E-state index contributed by atoms with van der Waals surface area (Å²) in [6.45, 7) is 5.15. The minimum absolute atomic E-state index is 0.273. The van der Waals surface area contributed by atoms with Gasteiger partial charge in [-0.05, 0) is 54.9 Å². The van der Waals surface area contributed by atoms with Crippen molar-refractivity contribution in [3.8, 4) is 0 Å². The Balaban J connectivity index is 2.94. The lowest BCUT2D eigenvalue weighted by Crippen LogP contribution is -2.51. The summed E-state index contributed by atoms with van der Waals surface area (Å²) in [6, 6.07) is 4.99. The van der Waals surface area contributed by atoms with E-state index < -0.39 is 11.6 Å². The van der Waals surface area contributed by atoms with Crippen LogP contribution in [0.3, 0.4) is 0 Å². The highest BCUT2D eigenvalue weighted by Gasteiger charge is 2.27. The normalized spacial score (nSPS) is 13.3. The molecule has 94 valence electrons. The molecular formula is C12H15BrClNO2. The van der Waals surface area contributed by atoms with E-state index in [0.717, 1.165) is 0 Å². The average Bonchev–Trinajstić information content (AvgIpc) is 2.20. The third kappa shape index (κ3) is 3.69. The molecule has 0 saturated heterocycles. The summed E-state index contributed by atoms with van der Waals surface area (Å²) in [4.78, 5) is 12.0. The molecule has 0 saturated carbocycles. The van der Waals surface area contributed by atoms with Gasteiger partial charge < -0.3 is 10.4 Å². The molecule has 0 aliphatic carbocycles. The van der Waals surface area contributed by atoms with Crippen LogP contribution in [0.4, 0.5) is 0 Å². The van der Waals surface area contributed by atoms with Crippen molar-refractivity contribution in [3.05, 3.63) is 33.3 Å². The summed E-state index contributed by atoms with van der Waals surface area (Å²) >= 11 is 9.14. The summed E-state index contributed by atoms with van der Waals surface area (Å²) in [6.07, 6.45) is -0.649. The molecule has 2 N–H and O–H groups in total. The molecule has 0 aliphatic rings. The zero-order valence-corrected chi connectivity index (χ0v) is 12.3. The first-order valence-corrected chi connectivity index (χ1v) is 6.37. The standard InChI is InChI=1S/C12H15BrClNO2/c1-7(16)12(2,3)15-11(17)9-6-8(14)4-5-10(9)13/h4-7,16H,1-3H3,(H,15,17). The van der Waals surface area contributed by atoms with Gasteiger partial charge >= 0.3 is 0 Å². The number of nitrogens with one attached hydrogen (secondary N) is 1. The van der Waals surface area contributed by atoms with E-state index in [2.05, 4.69) is 21.2 Å². The summed E-state index contributed by atoms with van der Waals surface area (Å²) in [5, 5.41) is 12.8. The summed E-state index contributed by atoms with van der Waals surface area (Å²) in [5.74, 6) is -0.273. The fraction of sp³-hybridized carbons (Fsp3) is 0.417. The summed E-state index contributed by atoms with van der Waals surface area (Å²) < 4.78 is 0.667.